The molecule has 0 radical (unpaired) electrons. The SMILES string of the molecule is Cc1ccc(S(=O)(=O)[C@@H]2CCC[C@H]2C(=O)N(Cc2ccc(Cl)cc2F)C2CCC3(CC2)CC3(F)F)cc1. The van der Waals surface area contributed by atoms with E-state index in [1.807, 2.05) is 6.92 Å². The summed E-state index contributed by atoms with van der Waals surface area (Å²) in [7, 11) is -3.76. The maximum atomic E-state index is 14.8. The van der Waals surface area contributed by atoms with Gasteiger partial charge in [0.15, 0.2) is 9.84 Å². The van der Waals surface area contributed by atoms with E-state index in [1.165, 1.54) is 12.1 Å². The van der Waals surface area contributed by atoms with Crippen LogP contribution in [0.5, 0.6) is 0 Å². The molecule has 0 unspecified atom stereocenters. The zero-order valence-corrected chi connectivity index (χ0v) is 22.3. The third-order valence-corrected chi connectivity index (χ3v) is 11.2. The maximum absolute atomic E-state index is 14.8. The van der Waals surface area contributed by atoms with Crippen molar-refractivity contribution in [3.63, 3.8) is 0 Å². The topological polar surface area (TPSA) is 54.5 Å². The molecule has 0 bridgehead atoms. The Hall–Kier alpha value is -2.06. The molecule has 3 aliphatic carbocycles. The number of benzene rings is 2. The van der Waals surface area contributed by atoms with E-state index in [1.54, 1.807) is 35.2 Å². The van der Waals surface area contributed by atoms with Gasteiger partial charge in [-0.1, -0.05) is 41.8 Å². The molecule has 0 saturated heterocycles. The molecule has 2 aromatic carbocycles. The molecule has 0 heterocycles. The molecule has 0 aliphatic heterocycles. The van der Waals surface area contributed by atoms with Gasteiger partial charge < -0.3 is 4.90 Å². The fraction of sp³-hybridized carbons (Fsp3) is 0.536. The van der Waals surface area contributed by atoms with E-state index in [-0.39, 0.29) is 40.4 Å². The lowest BCUT2D eigenvalue weighted by molar-refractivity contribution is -0.139. The van der Waals surface area contributed by atoms with E-state index in [4.69, 9.17) is 11.6 Å². The molecule has 200 valence electrons. The number of sulfone groups is 1. The third kappa shape index (κ3) is 4.91. The molecular formula is C28H31ClF3NO3S. The summed E-state index contributed by atoms with van der Waals surface area (Å²) in [6.45, 7) is 1.82. The first-order chi connectivity index (χ1) is 17.4. The molecule has 3 saturated carbocycles. The van der Waals surface area contributed by atoms with Crippen LogP contribution in [0, 0.1) is 24.1 Å². The van der Waals surface area contributed by atoms with Crippen molar-refractivity contribution in [1.29, 1.82) is 0 Å². The van der Waals surface area contributed by atoms with Gasteiger partial charge in [0.1, 0.15) is 5.82 Å². The van der Waals surface area contributed by atoms with E-state index in [9.17, 15) is 26.4 Å². The molecule has 2 atom stereocenters. The second kappa shape index (κ2) is 9.60. The van der Waals surface area contributed by atoms with E-state index in [0.717, 1.165) is 5.56 Å². The highest BCUT2D eigenvalue weighted by Gasteiger charge is 2.70. The van der Waals surface area contributed by atoms with Crippen LogP contribution >= 0.6 is 11.6 Å². The Morgan fingerprint density at radius 2 is 1.70 bits per heavy atom. The Morgan fingerprint density at radius 1 is 1.05 bits per heavy atom. The molecule has 2 aromatic rings. The Labute approximate surface area is 221 Å². The number of aryl methyl sites for hydroxylation is 1. The van der Waals surface area contributed by atoms with Crippen molar-refractivity contribution in [3.8, 4) is 0 Å². The van der Waals surface area contributed by atoms with Crippen LogP contribution in [0.15, 0.2) is 47.4 Å². The molecule has 1 amide bonds. The van der Waals surface area contributed by atoms with Gasteiger partial charge in [-0.15, -0.1) is 0 Å². The first-order valence-corrected chi connectivity index (χ1v) is 14.8. The van der Waals surface area contributed by atoms with Gasteiger partial charge in [0.2, 0.25) is 5.91 Å². The lowest BCUT2D eigenvalue weighted by atomic mass is 9.81. The van der Waals surface area contributed by atoms with Crippen molar-refractivity contribution in [2.75, 3.05) is 0 Å². The quantitative estimate of drug-likeness (QED) is 0.399. The molecular weight excluding hydrogens is 523 g/mol. The zero-order valence-electron chi connectivity index (χ0n) is 20.7. The second-order valence-electron chi connectivity index (χ2n) is 11.0. The van der Waals surface area contributed by atoms with E-state index < -0.39 is 38.2 Å². The minimum atomic E-state index is -3.76. The van der Waals surface area contributed by atoms with Crippen LogP contribution in [0.4, 0.5) is 13.2 Å². The summed E-state index contributed by atoms with van der Waals surface area (Å²) < 4.78 is 69.9. The zero-order chi connectivity index (χ0) is 26.6. The van der Waals surface area contributed by atoms with Crippen LogP contribution in [0.2, 0.25) is 5.02 Å². The molecule has 1 spiro atoms. The second-order valence-corrected chi connectivity index (χ2v) is 13.6. The number of nitrogens with zero attached hydrogens (tertiary/aromatic N) is 1. The average molecular weight is 554 g/mol. The van der Waals surface area contributed by atoms with Crippen LogP contribution in [0.1, 0.15) is 62.5 Å². The van der Waals surface area contributed by atoms with Gasteiger partial charge in [-0.2, -0.15) is 0 Å². The van der Waals surface area contributed by atoms with Gasteiger partial charge in [-0.25, -0.2) is 21.6 Å². The molecule has 0 N–H and O–H groups in total. The van der Waals surface area contributed by atoms with Crippen LogP contribution in [0.3, 0.4) is 0 Å². The van der Waals surface area contributed by atoms with Gasteiger partial charge in [-0.3, -0.25) is 4.79 Å². The minimum Gasteiger partial charge on any atom is -0.335 e. The van der Waals surface area contributed by atoms with Gasteiger partial charge in [0.05, 0.1) is 16.1 Å². The summed E-state index contributed by atoms with van der Waals surface area (Å²) in [5, 5.41) is -0.641. The summed E-state index contributed by atoms with van der Waals surface area (Å²) in [5.74, 6) is -4.31. The fourth-order valence-electron chi connectivity index (χ4n) is 6.31. The molecule has 3 fully saturated rings. The predicted molar refractivity (Wildman–Crippen MR) is 136 cm³/mol. The highest BCUT2D eigenvalue weighted by molar-refractivity contribution is 7.92. The number of carbonyl (C=O) groups excluding carboxylic acids is 1. The van der Waals surface area contributed by atoms with Crippen molar-refractivity contribution in [2.45, 2.75) is 86.9 Å². The Morgan fingerprint density at radius 3 is 2.30 bits per heavy atom. The molecule has 37 heavy (non-hydrogen) atoms. The van der Waals surface area contributed by atoms with Crippen LogP contribution < -0.4 is 0 Å². The van der Waals surface area contributed by atoms with Crippen LogP contribution in [-0.4, -0.2) is 36.4 Å². The van der Waals surface area contributed by atoms with Gasteiger partial charge in [0.25, 0.3) is 5.92 Å². The minimum absolute atomic E-state index is 0.0519. The largest absolute Gasteiger partial charge is 0.335 e. The van der Waals surface area contributed by atoms with Gasteiger partial charge in [-0.05, 0) is 69.7 Å². The molecule has 4 nitrogen and oxygen atoms in total. The van der Waals surface area contributed by atoms with Crippen molar-refractivity contribution in [2.24, 2.45) is 11.3 Å². The van der Waals surface area contributed by atoms with Crippen molar-refractivity contribution in [1.82, 2.24) is 4.90 Å². The number of carbonyl (C=O) groups is 1. The number of rotatable bonds is 6. The Kier molecular flexibility index (Phi) is 6.89. The fourth-order valence-corrected chi connectivity index (χ4v) is 8.49. The van der Waals surface area contributed by atoms with Crippen LogP contribution in [0.25, 0.3) is 0 Å². The number of alkyl halides is 2. The Bertz CT molecular complexity index is 1290. The van der Waals surface area contributed by atoms with Gasteiger partial charge >= 0.3 is 0 Å². The first kappa shape index (κ1) is 26.5. The van der Waals surface area contributed by atoms with Gasteiger partial charge in [0, 0.05) is 35.0 Å². The van der Waals surface area contributed by atoms with Crippen molar-refractivity contribution in [3.05, 3.63) is 64.4 Å². The normalized spacial score (nSPS) is 28.8. The monoisotopic (exact) mass is 553 g/mol. The highest BCUT2D eigenvalue weighted by Crippen LogP contribution is 2.67. The number of hydrogen-bond acceptors (Lipinski definition) is 3. The third-order valence-electron chi connectivity index (χ3n) is 8.72. The molecule has 0 aromatic heterocycles. The average Bonchev–Trinajstić information content (AvgIpc) is 3.17. The summed E-state index contributed by atoms with van der Waals surface area (Å²) in [4.78, 5) is 15.8. The van der Waals surface area contributed by atoms with Crippen LogP contribution in [-0.2, 0) is 21.2 Å². The summed E-state index contributed by atoms with van der Waals surface area (Å²) >= 11 is 5.91. The molecule has 5 rings (SSSR count). The van der Waals surface area contributed by atoms with Crippen molar-refractivity contribution < 1.29 is 26.4 Å². The van der Waals surface area contributed by atoms with E-state index in [0.29, 0.717) is 44.9 Å². The highest BCUT2D eigenvalue weighted by atomic mass is 35.5. The smallest absolute Gasteiger partial charge is 0.254 e. The molecule has 3 aliphatic rings. The lowest BCUT2D eigenvalue weighted by Gasteiger charge is -2.39. The van der Waals surface area contributed by atoms with Crippen molar-refractivity contribution >= 4 is 27.3 Å². The number of amides is 1. The summed E-state index contributed by atoms with van der Waals surface area (Å²) in [5.41, 5.74) is 0.227. The molecule has 9 heteroatoms. The Balaban J connectivity index is 1.42. The predicted octanol–water partition coefficient (Wildman–Crippen LogP) is 6.73. The summed E-state index contributed by atoms with van der Waals surface area (Å²) in [6, 6.07) is 10.5. The maximum Gasteiger partial charge on any atom is 0.254 e. The first-order valence-electron chi connectivity index (χ1n) is 12.9. The van der Waals surface area contributed by atoms with E-state index in [2.05, 4.69) is 0 Å². The van der Waals surface area contributed by atoms with E-state index >= 15 is 0 Å². The number of hydrogen-bond donors (Lipinski definition) is 0. The number of halogens is 4. The summed E-state index contributed by atoms with van der Waals surface area (Å²) in [6.07, 6.45) is 2.64. The standard InChI is InChI=1S/C28H31ClF3NO3S/c1-18-5-9-22(10-6-18)37(35,36)25-4-2-3-23(25)26(34)33(16-19-7-8-20(29)15-24(19)30)21-11-13-27(14-12-21)17-28(27,31)32/h5-10,15,21,23,25H,2-4,11-14,16-17H2,1H3/t21?,23-,25-,27?/m1/s1. The lowest BCUT2D eigenvalue weighted by Crippen LogP contribution is -2.47.